The number of rotatable bonds is 2. The molecule has 0 bridgehead atoms. The van der Waals surface area contributed by atoms with Gasteiger partial charge in [0.05, 0.1) is 13.2 Å². The van der Waals surface area contributed by atoms with Crippen molar-refractivity contribution < 1.29 is 4.84 Å². The molecule has 0 radical (unpaired) electrons. The van der Waals surface area contributed by atoms with E-state index in [4.69, 9.17) is 10.6 Å². The molecule has 0 unspecified atom stereocenters. The summed E-state index contributed by atoms with van der Waals surface area (Å²) < 4.78 is 1.01. The fourth-order valence-corrected chi connectivity index (χ4v) is 1.90. The zero-order valence-corrected chi connectivity index (χ0v) is 9.46. The summed E-state index contributed by atoms with van der Waals surface area (Å²) in [5, 5.41) is 1.96. The van der Waals surface area contributed by atoms with Gasteiger partial charge in [0.1, 0.15) is 0 Å². The van der Waals surface area contributed by atoms with Gasteiger partial charge in [-0.25, -0.2) is 0 Å². The highest BCUT2D eigenvalue weighted by molar-refractivity contribution is 9.10. The van der Waals surface area contributed by atoms with Crippen LogP contribution < -0.4 is 5.73 Å². The minimum Gasteiger partial charge on any atom is -0.398 e. The molecule has 1 aliphatic heterocycles. The molecule has 3 nitrogen and oxygen atoms in total. The van der Waals surface area contributed by atoms with Crippen molar-refractivity contribution in [3.8, 4) is 0 Å². The van der Waals surface area contributed by atoms with E-state index in [2.05, 4.69) is 15.9 Å². The van der Waals surface area contributed by atoms with Gasteiger partial charge in [-0.15, -0.1) is 0 Å². The smallest absolute Gasteiger partial charge is 0.0698 e. The van der Waals surface area contributed by atoms with E-state index >= 15 is 0 Å². The van der Waals surface area contributed by atoms with Crippen LogP contribution in [0.5, 0.6) is 0 Å². The first kappa shape index (κ1) is 9.96. The maximum absolute atomic E-state index is 5.89. The third kappa shape index (κ3) is 2.26. The van der Waals surface area contributed by atoms with Crippen LogP contribution in [0.15, 0.2) is 22.7 Å². The zero-order chi connectivity index (χ0) is 9.97. The minimum absolute atomic E-state index is 0.777. The Kier molecular flexibility index (Phi) is 3.05. The zero-order valence-electron chi connectivity index (χ0n) is 7.87. The molecule has 14 heavy (non-hydrogen) atoms. The SMILES string of the molecule is Nc1cc(Br)ccc1CN1CCCO1. The molecule has 1 aromatic carbocycles. The minimum atomic E-state index is 0.777. The van der Waals surface area contributed by atoms with E-state index < -0.39 is 0 Å². The second-order valence-corrected chi connectivity index (χ2v) is 4.31. The van der Waals surface area contributed by atoms with Crippen LogP contribution in [0.1, 0.15) is 12.0 Å². The number of hydrogen-bond donors (Lipinski definition) is 1. The van der Waals surface area contributed by atoms with E-state index in [1.807, 2.05) is 23.3 Å². The number of benzene rings is 1. The molecule has 1 fully saturated rings. The summed E-state index contributed by atoms with van der Waals surface area (Å²) in [5.41, 5.74) is 7.82. The lowest BCUT2D eigenvalue weighted by atomic mass is 10.2. The summed E-state index contributed by atoms with van der Waals surface area (Å²) in [7, 11) is 0. The fourth-order valence-electron chi connectivity index (χ4n) is 1.52. The van der Waals surface area contributed by atoms with Gasteiger partial charge >= 0.3 is 0 Å². The van der Waals surface area contributed by atoms with Gasteiger partial charge in [-0.1, -0.05) is 22.0 Å². The van der Waals surface area contributed by atoms with Crippen LogP contribution in [0.2, 0.25) is 0 Å². The van der Waals surface area contributed by atoms with Gasteiger partial charge in [0.25, 0.3) is 0 Å². The first-order valence-corrected chi connectivity index (χ1v) is 5.47. The standard InChI is InChI=1S/C10H13BrN2O/c11-9-3-2-8(10(12)6-9)7-13-4-1-5-14-13/h2-3,6H,1,4-5,7,12H2. The molecule has 1 aromatic rings. The van der Waals surface area contributed by atoms with Crippen LogP contribution in [0.3, 0.4) is 0 Å². The predicted octanol–water partition coefficient (Wildman–Crippen LogP) is 2.17. The van der Waals surface area contributed by atoms with E-state index in [0.29, 0.717) is 0 Å². The second-order valence-electron chi connectivity index (χ2n) is 3.39. The lowest BCUT2D eigenvalue weighted by Gasteiger charge is -2.14. The monoisotopic (exact) mass is 256 g/mol. The van der Waals surface area contributed by atoms with E-state index in [1.165, 1.54) is 0 Å². The molecule has 1 saturated heterocycles. The Balaban J connectivity index is 2.08. The molecule has 1 heterocycles. The average molecular weight is 257 g/mol. The summed E-state index contributed by atoms with van der Waals surface area (Å²) in [6, 6.07) is 5.95. The van der Waals surface area contributed by atoms with Crippen LogP contribution >= 0.6 is 15.9 Å². The van der Waals surface area contributed by atoms with Crippen LogP contribution in [-0.4, -0.2) is 18.2 Å². The van der Waals surface area contributed by atoms with Crippen molar-refractivity contribution >= 4 is 21.6 Å². The van der Waals surface area contributed by atoms with Crippen molar-refractivity contribution in [2.75, 3.05) is 18.9 Å². The number of nitrogens with zero attached hydrogens (tertiary/aromatic N) is 1. The molecular weight excluding hydrogens is 244 g/mol. The van der Waals surface area contributed by atoms with Crippen LogP contribution in [0.4, 0.5) is 5.69 Å². The number of nitrogens with two attached hydrogens (primary N) is 1. The molecule has 1 aliphatic rings. The van der Waals surface area contributed by atoms with Gasteiger partial charge in [-0.05, 0) is 24.1 Å². The summed E-state index contributed by atoms with van der Waals surface area (Å²) in [6.07, 6.45) is 1.11. The summed E-state index contributed by atoms with van der Waals surface area (Å²) >= 11 is 3.38. The largest absolute Gasteiger partial charge is 0.398 e. The third-order valence-electron chi connectivity index (χ3n) is 2.28. The predicted molar refractivity (Wildman–Crippen MR) is 59.5 cm³/mol. The van der Waals surface area contributed by atoms with Gasteiger partial charge in [0, 0.05) is 16.7 Å². The number of nitrogen functional groups attached to an aromatic ring is 1. The molecule has 76 valence electrons. The van der Waals surface area contributed by atoms with Crippen molar-refractivity contribution in [1.82, 2.24) is 5.06 Å². The van der Waals surface area contributed by atoms with E-state index in [9.17, 15) is 0 Å². The number of hydroxylamine groups is 2. The molecule has 0 amide bonds. The Hall–Kier alpha value is -0.580. The Morgan fingerprint density at radius 1 is 1.50 bits per heavy atom. The molecular formula is C10H13BrN2O. The number of halogens is 1. The highest BCUT2D eigenvalue weighted by Gasteiger charge is 2.13. The van der Waals surface area contributed by atoms with Crippen molar-refractivity contribution in [2.45, 2.75) is 13.0 Å². The highest BCUT2D eigenvalue weighted by Crippen LogP contribution is 2.21. The summed E-state index contributed by atoms with van der Waals surface area (Å²) in [5.74, 6) is 0. The van der Waals surface area contributed by atoms with Crippen molar-refractivity contribution in [1.29, 1.82) is 0 Å². The maximum atomic E-state index is 5.89. The molecule has 0 aliphatic carbocycles. The molecule has 0 spiro atoms. The topological polar surface area (TPSA) is 38.5 Å². The molecule has 2 N–H and O–H groups in total. The maximum Gasteiger partial charge on any atom is 0.0698 e. The second kappa shape index (κ2) is 4.29. The number of anilines is 1. The van der Waals surface area contributed by atoms with Gasteiger partial charge in [-0.2, -0.15) is 5.06 Å². The molecule has 2 rings (SSSR count). The molecule has 0 atom stereocenters. The third-order valence-corrected chi connectivity index (χ3v) is 2.77. The Morgan fingerprint density at radius 2 is 2.36 bits per heavy atom. The Morgan fingerprint density at radius 3 is 3.00 bits per heavy atom. The summed E-state index contributed by atoms with van der Waals surface area (Å²) in [4.78, 5) is 5.41. The fraction of sp³-hybridized carbons (Fsp3) is 0.400. The van der Waals surface area contributed by atoms with E-state index in [1.54, 1.807) is 0 Å². The quantitative estimate of drug-likeness (QED) is 0.825. The van der Waals surface area contributed by atoms with Crippen LogP contribution in [0.25, 0.3) is 0 Å². The lowest BCUT2D eigenvalue weighted by molar-refractivity contribution is -0.117. The van der Waals surface area contributed by atoms with Crippen LogP contribution in [-0.2, 0) is 11.4 Å². The van der Waals surface area contributed by atoms with E-state index in [0.717, 1.165) is 41.8 Å². The van der Waals surface area contributed by atoms with Crippen LogP contribution in [0, 0.1) is 0 Å². The number of hydrogen-bond acceptors (Lipinski definition) is 3. The normalized spacial score (nSPS) is 17.5. The Labute approximate surface area is 91.9 Å². The average Bonchev–Trinajstić information content (AvgIpc) is 2.62. The molecule has 0 aromatic heterocycles. The van der Waals surface area contributed by atoms with Gasteiger partial charge < -0.3 is 5.73 Å². The van der Waals surface area contributed by atoms with E-state index in [-0.39, 0.29) is 0 Å². The lowest BCUT2D eigenvalue weighted by Crippen LogP contribution is -2.17. The molecule has 4 heteroatoms. The van der Waals surface area contributed by atoms with Crippen molar-refractivity contribution in [2.24, 2.45) is 0 Å². The first-order valence-electron chi connectivity index (χ1n) is 4.67. The molecule has 0 saturated carbocycles. The van der Waals surface area contributed by atoms with Crippen molar-refractivity contribution in [3.63, 3.8) is 0 Å². The van der Waals surface area contributed by atoms with Crippen molar-refractivity contribution in [3.05, 3.63) is 28.2 Å². The van der Waals surface area contributed by atoms with Gasteiger partial charge in [0.15, 0.2) is 0 Å². The first-order chi connectivity index (χ1) is 6.75. The van der Waals surface area contributed by atoms with Gasteiger partial charge in [0.2, 0.25) is 0 Å². The Bertz CT molecular complexity index is 324. The summed E-state index contributed by atoms with van der Waals surface area (Å²) in [6.45, 7) is 2.60. The van der Waals surface area contributed by atoms with Gasteiger partial charge in [-0.3, -0.25) is 4.84 Å². The highest BCUT2D eigenvalue weighted by atomic mass is 79.9.